The van der Waals surface area contributed by atoms with Gasteiger partial charge >= 0.3 is 11.7 Å². The van der Waals surface area contributed by atoms with Gasteiger partial charge in [0.15, 0.2) is 11.5 Å². The molecule has 0 radical (unpaired) electrons. The van der Waals surface area contributed by atoms with Crippen molar-refractivity contribution in [2.45, 2.75) is 32.0 Å². The second kappa shape index (κ2) is 8.99. The Bertz CT molecular complexity index is 1310. The van der Waals surface area contributed by atoms with Crippen molar-refractivity contribution in [2.24, 2.45) is 0 Å². The van der Waals surface area contributed by atoms with Crippen molar-refractivity contribution in [2.75, 3.05) is 32.2 Å². The lowest BCUT2D eigenvalue weighted by atomic mass is 10.2. The number of nitrogens with zero attached hydrogens (tertiary/aromatic N) is 5. The van der Waals surface area contributed by atoms with E-state index in [1.54, 1.807) is 52.3 Å². The highest BCUT2D eigenvalue weighted by atomic mass is 32.2. The molecular formula is C20H26N6O5S. The first-order valence-electron chi connectivity index (χ1n) is 10.0. The number of sulfone groups is 1. The topological polar surface area (TPSA) is 142 Å². The summed E-state index contributed by atoms with van der Waals surface area (Å²) in [6.45, 7) is 3.86. The van der Waals surface area contributed by atoms with Gasteiger partial charge in [0.2, 0.25) is 9.84 Å². The van der Waals surface area contributed by atoms with Crippen LogP contribution < -0.4 is 16.2 Å². The van der Waals surface area contributed by atoms with Gasteiger partial charge in [-0.25, -0.2) is 22.6 Å². The average Bonchev–Trinajstić information content (AvgIpc) is 3.05. The second-order valence-corrected chi connectivity index (χ2v) is 9.23. The largest absolute Gasteiger partial charge is 0.497 e. The van der Waals surface area contributed by atoms with Gasteiger partial charge in [0.05, 0.1) is 19.4 Å². The molecule has 0 aliphatic rings. The Kier molecular flexibility index (Phi) is 6.53. The number of aromatic nitrogens is 4. The molecule has 3 rings (SSSR count). The lowest BCUT2D eigenvalue weighted by Crippen LogP contribution is -2.38. The number of methoxy groups -OCH3 is 1. The maximum absolute atomic E-state index is 13.3. The zero-order valence-electron chi connectivity index (χ0n) is 18.4. The van der Waals surface area contributed by atoms with Crippen LogP contribution in [0.1, 0.15) is 25.8 Å². The third-order valence-electron chi connectivity index (χ3n) is 5.02. The SMILES string of the molecule is CCCS(=O)(=O)c1nc(N)c2c(n1)n(Cc1ccc(OC)cc1)c(=O)n2C(=O)N(C)CC. The maximum atomic E-state index is 13.3. The van der Waals surface area contributed by atoms with Gasteiger partial charge in [0.1, 0.15) is 11.3 Å². The summed E-state index contributed by atoms with van der Waals surface area (Å²) in [6, 6.07) is 6.36. The third-order valence-corrected chi connectivity index (χ3v) is 6.70. The van der Waals surface area contributed by atoms with Crippen molar-refractivity contribution in [3.8, 4) is 5.75 Å². The fourth-order valence-electron chi connectivity index (χ4n) is 3.19. The monoisotopic (exact) mass is 462 g/mol. The lowest BCUT2D eigenvalue weighted by molar-refractivity contribution is 0.212. The molecule has 0 atom stereocenters. The average molecular weight is 463 g/mol. The summed E-state index contributed by atoms with van der Waals surface area (Å²) in [4.78, 5) is 35.7. The van der Waals surface area contributed by atoms with Crippen LogP contribution in [0.4, 0.5) is 10.6 Å². The van der Waals surface area contributed by atoms with E-state index in [-0.39, 0.29) is 29.3 Å². The first-order valence-corrected chi connectivity index (χ1v) is 11.7. The molecule has 11 nitrogen and oxygen atoms in total. The summed E-state index contributed by atoms with van der Waals surface area (Å²) in [5, 5.41) is -0.471. The Morgan fingerprint density at radius 1 is 1.19 bits per heavy atom. The van der Waals surface area contributed by atoms with Gasteiger partial charge in [0, 0.05) is 13.6 Å². The quantitative estimate of drug-likeness (QED) is 0.518. The van der Waals surface area contributed by atoms with Crippen molar-refractivity contribution in [3.05, 3.63) is 40.3 Å². The number of ether oxygens (including phenoxy) is 1. The van der Waals surface area contributed by atoms with E-state index in [0.717, 1.165) is 10.1 Å². The number of anilines is 1. The van der Waals surface area contributed by atoms with Crippen LogP contribution in [0.15, 0.2) is 34.2 Å². The van der Waals surface area contributed by atoms with Crippen LogP contribution in [0, 0.1) is 0 Å². The molecule has 2 N–H and O–H groups in total. The van der Waals surface area contributed by atoms with Crippen molar-refractivity contribution in [1.29, 1.82) is 0 Å². The molecular weight excluding hydrogens is 436 g/mol. The highest BCUT2D eigenvalue weighted by molar-refractivity contribution is 7.91. The van der Waals surface area contributed by atoms with E-state index in [2.05, 4.69) is 9.97 Å². The molecule has 172 valence electrons. The number of benzene rings is 1. The van der Waals surface area contributed by atoms with Crippen molar-refractivity contribution < 1.29 is 17.9 Å². The van der Waals surface area contributed by atoms with Crippen molar-refractivity contribution in [1.82, 2.24) is 24.0 Å². The van der Waals surface area contributed by atoms with Crippen molar-refractivity contribution >= 4 is 32.9 Å². The molecule has 0 saturated carbocycles. The fourth-order valence-corrected chi connectivity index (χ4v) is 4.37. The number of fused-ring (bicyclic) bond motifs is 1. The molecule has 0 bridgehead atoms. The Morgan fingerprint density at radius 3 is 2.41 bits per heavy atom. The molecule has 2 aromatic heterocycles. The Morgan fingerprint density at radius 2 is 1.84 bits per heavy atom. The summed E-state index contributed by atoms with van der Waals surface area (Å²) < 4.78 is 32.4. The standard InChI is InChI=1S/C20H26N6O5S/c1-5-11-32(29,30)18-22-16(21)15-17(23-18)25(12-13-7-9-14(31-4)10-8-13)20(28)26(15)19(27)24(3)6-2/h7-10H,5-6,11-12H2,1-4H3,(H2,21,22,23). The molecule has 0 aliphatic heterocycles. The second-order valence-electron chi connectivity index (χ2n) is 7.23. The van der Waals surface area contributed by atoms with Gasteiger partial charge < -0.3 is 15.4 Å². The minimum atomic E-state index is -3.81. The summed E-state index contributed by atoms with van der Waals surface area (Å²) in [5.74, 6) is 0.217. The number of hydrogen-bond donors (Lipinski definition) is 1. The lowest BCUT2D eigenvalue weighted by Gasteiger charge is -2.14. The maximum Gasteiger partial charge on any atom is 0.339 e. The minimum Gasteiger partial charge on any atom is -0.497 e. The predicted octanol–water partition coefficient (Wildman–Crippen LogP) is 1.34. The van der Waals surface area contributed by atoms with E-state index >= 15 is 0 Å². The molecule has 12 heteroatoms. The van der Waals surface area contributed by atoms with E-state index in [0.29, 0.717) is 18.7 Å². The molecule has 0 fully saturated rings. The third kappa shape index (κ3) is 4.17. The van der Waals surface area contributed by atoms with Gasteiger partial charge in [-0.15, -0.1) is 0 Å². The molecule has 0 unspecified atom stereocenters. The summed E-state index contributed by atoms with van der Waals surface area (Å²) >= 11 is 0. The van der Waals surface area contributed by atoms with Crippen LogP contribution in [0.3, 0.4) is 0 Å². The van der Waals surface area contributed by atoms with E-state index in [4.69, 9.17) is 10.5 Å². The number of nitrogen functional groups attached to an aromatic ring is 1. The summed E-state index contributed by atoms with van der Waals surface area (Å²) in [6.07, 6.45) is 0.364. The Labute approximate surface area is 185 Å². The normalized spacial score (nSPS) is 11.6. The first kappa shape index (κ1) is 23.3. The molecule has 2 heterocycles. The fraction of sp³-hybridized carbons (Fsp3) is 0.400. The number of hydrogen-bond acceptors (Lipinski definition) is 8. The highest BCUT2D eigenvalue weighted by Gasteiger charge is 2.28. The number of carbonyl (C=O) groups excluding carboxylic acids is 1. The van der Waals surface area contributed by atoms with Crippen molar-refractivity contribution in [3.63, 3.8) is 0 Å². The molecule has 0 spiro atoms. The Balaban J connectivity index is 2.29. The minimum absolute atomic E-state index is 0.0224. The van der Waals surface area contributed by atoms with Crippen LogP contribution in [0.25, 0.3) is 11.2 Å². The van der Waals surface area contributed by atoms with Crippen LogP contribution >= 0.6 is 0 Å². The zero-order chi connectivity index (χ0) is 23.6. The van der Waals surface area contributed by atoms with Gasteiger partial charge in [-0.05, 0) is 31.0 Å². The van der Waals surface area contributed by atoms with Crippen LogP contribution in [0.5, 0.6) is 5.75 Å². The number of rotatable bonds is 7. The number of carbonyl (C=O) groups is 1. The molecule has 0 aliphatic carbocycles. The van der Waals surface area contributed by atoms with Gasteiger partial charge in [-0.1, -0.05) is 19.1 Å². The first-order chi connectivity index (χ1) is 15.1. The number of nitrogens with two attached hydrogens (primary N) is 1. The van der Waals surface area contributed by atoms with Gasteiger partial charge in [0.25, 0.3) is 5.16 Å². The molecule has 0 saturated heterocycles. The van der Waals surface area contributed by atoms with Crippen LogP contribution in [-0.4, -0.2) is 64.9 Å². The molecule has 1 amide bonds. The summed E-state index contributed by atoms with van der Waals surface area (Å²) in [5.41, 5.74) is 6.05. The highest BCUT2D eigenvalue weighted by Crippen LogP contribution is 2.22. The number of imidazole rings is 1. The van der Waals surface area contributed by atoms with E-state index in [1.165, 1.54) is 9.47 Å². The molecule has 3 aromatic rings. The molecule has 32 heavy (non-hydrogen) atoms. The van der Waals surface area contributed by atoms with E-state index in [1.807, 2.05) is 0 Å². The zero-order valence-corrected chi connectivity index (χ0v) is 19.2. The predicted molar refractivity (Wildman–Crippen MR) is 120 cm³/mol. The van der Waals surface area contributed by atoms with Gasteiger partial charge in [-0.2, -0.15) is 9.97 Å². The van der Waals surface area contributed by atoms with Gasteiger partial charge in [-0.3, -0.25) is 4.57 Å². The smallest absolute Gasteiger partial charge is 0.339 e. The van der Waals surface area contributed by atoms with Crippen LogP contribution in [-0.2, 0) is 16.4 Å². The van der Waals surface area contributed by atoms with E-state index in [9.17, 15) is 18.0 Å². The van der Waals surface area contributed by atoms with Crippen LogP contribution in [0.2, 0.25) is 0 Å². The molecule has 1 aromatic carbocycles. The number of amides is 1. The summed E-state index contributed by atoms with van der Waals surface area (Å²) in [7, 11) is -0.724. The van der Waals surface area contributed by atoms with E-state index < -0.39 is 26.7 Å². The Hall–Kier alpha value is -3.41.